The van der Waals surface area contributed by atoms with Crippen LogP contribution in [0.4, 0.5) is 5.69 Å². The fourth-order valence-corrected chi connectivity index (χ4v) is 3.26. The third kappa shape index (κ3) is 5.91. The molecule has 0 spiro atoms. The minimum Gasteiger partial charge on any atom is -0.353 e. The van der Waals surface area contributed by atoms with E-state index in [1.807, 2.05) is 34.8 Å². The number of aromatic nitrogens is 1. The average Bonchev–Trinajstić information content (AvgIpc) is 3.51. The van der Waals surface area contributed by atoms with Crippen LogP contribution in [-0.2, 0) is 23.2 Å². The Morgan fingerprint density at radius 3 is 2.52 bits per heavy atom. The number of nitro benzene ring substituents is 1. The fraction of sp³-hybridized carbons (Fsp3) is 0.304. The zero-order valence-electron chi connectivity index (χ0n) is 17.5. The summed E-state index contributed by atoms with van der Waals surface area (Å²) in [6.07, 6.45) is 8.44. The number of non-ortho nitro benzene ring substituents is 1. The van der Waals surface area contributed by atoms with Crippen molar-refractivity contribution < 1.29 is 14.5 Å². The molecular formula is C23H26N4O4. The predicted octanol–water partition coefficient (Wildman–Crippen LogP) is 3.15. The second-order valence-electron chi connectivity index (χ2n) is 7.55. The molecule has 1 saturated carbocycles. The van der Waals surface area contributed by atoms with Crippen LogP contribution in [0.25, 0.3) is 6.08 Å². The van der Waals surface area contributed by atoms with E-state index in [1.165, 1.54) is 23.1 Å². The van der Waals surface area contributed by atoms with Crippen molar-refractivity contribution in [2.75, 3.05) is 13.1 Å². The number of aryl methyl sites for hydroxylation is 1. The number of rotatable bonds is 10. The number of hydrogen-bond acceptors (Lipinski definition) is 4. The summed E-state index contributed by atoms with van der Waals surface area (Å²) in [6, 6.07) is 10.1. The normalized spacial score (nSPS) is 13.2. The van der Waals surface area contributed by atoms with E-state index in [1.54, 1.807) is 24.3 Å². The van der Waals surface area contributed by atoms with Gasteiger partial charge in [-0.25, -0.2) is 0 Å². The molecule has 8 heteroatoms. The van der Waals surface area contributed by atoms with Crippen molar-refractivity contribution in [3.63, 3.8) is 0 Å². The molecule has 2 amide bonds. The van der Waals surface area contributed by atoms with Gasteiger partial charge >= 0.3 is 0 Å². The molecule has 0 atom stereocenters. The van der Waals surface area contributed by atoms with Crippen LogP contribution in [0.1, 0.15) is 24.1 Å². The van der Waals surface area contributed by atoms with Crippen molar-refractivity contribution in [1.82, 2.24) is 14.4 Å². The van der Waals surface area contributed by atoms with E-state index in [0.717, 1.165) is 18.5 Å². The van der Waals surface area contributed by atoms with Crippen LogP contribution in [0.3, 0.4) is 0 Å². The number of nitro groups is 1. The van der Waals surface area contributed by atoms with Gasteiger partial charge in [0.05, 0.1) is 11.5 Å². The topological polar surface area (TPSA) is 88.7 Å². The first kappa shape index (κ1) is 22.0. The first-order valence-corrected chi connectivity index (χ1v) is 10.1. The van der Waals surface area contributed by atoms with E-state index in [4.69, 9.17) is 0 Å². The van der Waals surface area contributed by atoms with Gasteiger partial charge in [0.2, 0.25) is 11.8 Å². The van der Waals surface area contributed by atoms with Crippen molar-refractivity contribution in [3.05, 3.63) is 82.7 Å². The molecule has 0 N–H and O–H groups in total. The number of hydrogen-bond donors (Lipinski definition) is 0. The van der Waals surface area contributed by atoms with Gasteiger partial charge in [-0.3, -0.25) is 19.7 Å². The van der Waals surface area contributed by atoms with Crippen LogP contribution in [0.5, 0.6) is 0 Å². The van der Waals surface area contributed by atoms with Gasteiger partial charge < -0.3 is 14.4 Å². The Hall–Kier alpha value is -3.68. The van der Waals surface area contributed by atoms with E-state index >= 15 is 0 Å². The van der Waals surface area contributed by atoms with E-state index in [2.05, 4.69) is 6.58 Å². The van der Waals surface area contributed by atoms with Crippen LogP contribution >= 0.6 is 0 Å². The first-order valence-electron chi connectivity index (χ1n) is 10.1. The SMILES string of the molecule is C=CCN(CC(=O)N(Cc1cccn1C)C1CC1)C(=O)/C=C/c1ccc([N+](=O)[O-])cc1. The molecule has 3 rings (SSSR count). The third-order valence-electron chi connectivity index (χ3n) is 5.20. The molecule has 0 unspecified atom stereocenters. The quantitative estimate of drug-likeness (QED) is 0.255. The Labute approximate surface area is 181 Å². The molecule has 8 nitrogen and oxygen atoms in total. The van der Waals surface area contributed by atoms with E-state index in [0.29, 0.717) is 12.1 Å². The molecule has 0 aliphatic heterocycles. The highest BCUT2D eigenvalue weighted by molar-refractivity contribution is 5.94. The van der Waals surface area contributed by atoms with Crippen LogP contribution in [0.15, 0.2) is 61.3 Å². The minimum atomic E-state index is -0.475. The molecule has 1 aliphatic carbocycles. The molecule has 0 radical (unpaired) electrons. The Kier molecular flexibility index (Phi) is 7.02. The van der Waals surface area contributed by atoms with Crippen LogP contribution < -0.4 is 0 Å². The minimum absolute atomic E-state index is 0.0132. The van der Waals surface area contributed by atoms with Crippen molar-refractivity contribution in [1.29, 1.82) is 0 Å². The lowest BCUT2D eigenvalue weighted by molar-refractivity contribution is -0.384. The predicted molar refractivity (Wildman–Crippen MR) is 118 cm³/mol. The molecule has 1 heterocycles. The molecule has 31 heavy (non-hydrogen) atoms. The van der Waals surface area contributed by atoms with Gasteiger partial charge in [0, 0.05) is 49.7 Å². The zero-order chi connectivity index (χ0) is 22.4. The second kappa shape index (κ2) is 9.88. The number of amides is 2. The Bertz CT molecular complexity index is 989. The van der Waals surface area contributed by atoms with E-state index < -0.39 is 4.92 Å². The van der Waals surface area contributed by atoms with Gasteiger partial charge in [-0.1, -0.05) is 6.08 Å². The highest BCUT2D eigenvalue weighted by Crippen LogP contribution is 2.28. The third-order valence-corrected chi connectivity index (χ3v) is 5.20. The maximum Gasteiger partial charge on any atom is 0.269 e. The van der Waals surface area contributed by atoms with Crippen LogP contribution in [0.2, 0.25) is 0 Å². The summed E-state index contributed by atoms with van der Waals surface area (Å²) in [7, 11) is 1.95. The smallest absolute Gasteiger partial charge is 0.269 e. The lowest BCUT2D eigenvalue weighted by atomic mass is 10.2. The molecule has 1 aromatic carbocycles. The zero-order valence-corrected chi connectivity index (χ0v) is 17.5. The van der Waals surface area contributed by atoms with Crippen LogP contribution in [-0.4, -0.2) is 50.2 Å². The number of nitrogens with zero attached hydrogens (tertiary/aromatic N) is 4. The van der Waals surface area contributed by atoms with E-state index in [-0.39, 0.29) is 36.6 Å². The van der Waals surface area contributed by atoms with Gasteiger partial charge in [0.15, 0.2) is 0 Å². The Balaban J connectivity index is 1.66. The number of carbonyl (C=O) groups excluding carboxylic acids is 2. The first-order chi connectivity index (χ1) is 14.9. The summed E-state index contributed by atoms with van der Waals surface area (Å²) in [6.45, 7) is 4.42. The molecule has 2 aromatic rings. The molecule has 0 bridgehead atoms. The highest BCUT2D eigenvalue weighted by atomic mass is 16.6. The number of carbonyl (C=O) groups is 2. The summed E-state index contributed by atoms with van der Waals surface area (Å²) in [4.78, 5) is 39.3. The fourth-order valence-electron chi connectivity index (χ4n) is 3.26. The monoisotopic (exact) mass is 422 g/mol. The van der Waals surface area contributed by atoms with Gasteiger partial charge in [-0.2, -0.15) is 0 Å². The van der Waals surface area contributed by atoms with Gasteiger partial charge in [0.25, 0.3) is 5.69 Å². The molecule has 1 aromatic heterocycles. The maximum atomic E-state index is 13.0. The molecule has 1 aliphatic rings. The largest absolute Gasteiger partial charge is 0.353 e. The molecular weight excluding hydrogens is 396 g/mol. The van der Waals surface area contributed by atoms with Crippen molar-refractivity contribution in [2.45, 2.75) is 25.4 Å². The van der Waals surface area contributed by atoms with Crippen LogP contribution in [0, 0.1) is 10.1 Å². The maximum absolute atomic E-state index is 13.0. The van der Waals surface area contributed by atoms with Gasteiger partial charge in [0.1, 0.15) is 6.54 Å². The second-order valence-corrected chi connectivity index (χ2v) is 7.55. The molecule has 1 fully saturated rings. The summed E-state index contributed by atoms with van der Waals surface area (Å²) >= 11 is 0. The Morgan fingerprint density at radius 2 is 1.97 bits per heavy atom. The van der Waals surface area contributed by atoms with Crippen molar-refractivity contribution >= 4 is 23.6 Å². The summed E-state index contributed by atoms with van der Waals surface area (Å²) in [5, 5.41) is 10.7. The lowest BCUT2D eigenvalue weighted by Gasteiger charge is -2.27. The highest BCUT2D eigenvalue weighted by Gasteiger charge is 2.33. The summed E-state index contributed by atoms with van der Waals surface area (Å²) in [5.74, 6) is -0.413. The summed E-state index contributed by atoms with van der Waals surface area (Å²) in [5.41, 5.74) is 1.69. The molecule has 0 saturated heterocycles. The number of benzene rings is 1. The lowest BCUT2D eigenvalue weighted by Crippen LogP contribution is -2.43. The van der Waals surface area contributed by atoms with Crippen molar-refractivity contribution in [2.24, 2.45) is 7.05 Å². The summed E-state index contributed by atoms with van der Waals surface area (Å²) < 4.78 is 1.99. The van der Waals surface area contributed by atoms with Crippen molar-refractivity contribution in [3.8, 4) is 0 Å². The van der Waals surface area contributed by atoms with Gasteiger partial charge in [-0.05, 0) is 48.7 Å². The van der Waals surface area contributed by atoms with Gasteiger partial charge in [-0.15, -0.1) is 6.58 Å². The molecule has 162 valence electrons. The van der Waals surface area contributed by atoms with E-state index in [9.17, 15) is 19.7 Å². The Morgan fingerprint density at radius 1 is 1.26 bits per heavy atom. The average molecular weight is 422 g/mol. The standard InChI is InChI=1S/C23H26N4O4/c1-3-14-25(22(28)13-8-18-6-9-20(10-7-18)27(30)31)17-23(29)26(19-11-12-19)16-21-5-4-15-24(21)2/h3-10,13,15,19H,1,11-12,14,16-17H2,2H3/b13-8+.